The number of primary sulfonamides is 1. The first kappa shape index (κ1) is 9.92. The van der Waals surface area contributed by atoms with Gasteiger partial charge in [0.25, 0.3) is 0 Å². The van der Waals surface area contributed by atoms with Gasteiger partial charge in [0.15, 0.2) is 0 Å². The molecule has 6 heteroatoms. The Morgan fingerprint density at radius 3 is 2.57 bits per heavy atom. The van der Waals surface area contributed by atoms with Gasteiger partial charge in [0.1, 0.15) is 11.9 Å². The molecule has 0 aromatic rings. The highest BCUT2D eigenvalue weighted by Crippen LogP contribution is 2.51. The molecule has 0 amide bonds. The van der Waals surface area contributed by atoms with Crippen molar-refractivity contribution in [3.05, 3.63) is 0 Å². The molecule has 1 unspecified atom stereocenters. The standard InChI is InChI=1S/C8H13NO4S/c9-14(11,12)5-6-8(2-1-3-8)4-7(10)13-6/h6H,1-5H2,(H2,9,11,12). The summed E-state index contributed by atoms with van der Waals surface area (Å²) in [4.78, 5) is 11.1. The molecule has 0 bridgehead atoms. The molecular formula is C8H13NO4S. The Morgan fingerprint density at radius 2 is 2.14 bits per heavy atom. The van der Waals surface area contributed by atoms with Gasteiger partial charge in [-0.15, -0.1) is 0 Å². The molecule has 0 aromatic carbocycles. The van der Waals surface area contributed by atoms with Gasteiger partial charge in [-0.05, 0) is 12.8 Å². The summed E-state index contributed by atoms with van der Waals surface area (Å²) < 4.78 is 26.8. The number of rotatable bonds is 2. The summed E-state index contributed by atoms with van der Waals surface area (Å²) in [6.07, 6.45) is 2.63. The molecule has 5 nitrogen and oxygen atoms in total. The highest BCUT2D eigenvalue weighted by atomic mass is 32.2. The minimum Gasteiger partial charge on any atom is -0.461 e. The zero-order chi connectivity index (χ0) is 10.4. The number of hydrogen-bond acceptors (Lipinski definition) is 4. The second kappa shape index (κ2) is 2.93. The van der Waals surface area contributed by atoms with E-state index in [0.717, 1.165) is 19.3 Å². The second-order valence-corrected chi connectivity index (χ2v) is 5.86. The highest BCUT2D eigenvalue weighted by molar-refractivity contribution is 7.89. The number of sulfonamides is 1. The normalized spacial score (nSPS) is 30.1. The van der Waals surface area contributed by atoms with Gasteiger partial charge in [0.2, 0.25) is 10.0 Å². The van der Waals surface area contributed by atoms with Crippen LogP contribution in [0.3, 0.4) is 0 Å². The van der Waals surface area contributed by atoms with E-state index in [1.807, 2.05) is 0 Å². The van der Waals surface area contributed by atoms with Crippen molar-refractivity contribution in [3.8, 4) is 0 Å². The molecule has 1 spiro atoms. The maximum Gasteiger partial charge on any atom is 0.306 e. The fourth-order valence-corrected chi connectivity index (χ4v) is 3.12. The largest absolute Gasteiger partial charge is 0.461 e. The van der Waals surface area contributed by atoms with Crippen LogP contribution in [-0.2, 0) is 19.6 Å². The van der Waals surface area contributed by atoms with E-state index in [-0.39, 0.29) is 17.1 Å². The molecule has 0 radical (unpaired) electrons. The average molecular weight is 219 g/mol. The van der Waals surface area contributed by atoms with Gasteiger partial charge in [-0.25, -0.2) is 13.6 Å². The van der Waals surface area contributed by atoms with Crippen LogP contribution in [0.2, 0.25) is 0 Å². The van der Waals surface area contributed by atoms with Crippen LogP contribution in [0, 0.1) is 5.41 Å². The van der Waals surface area contributed by atoms with E-state index in [1.54, 1.807) is 0 Å². The Labute approximate surface area is 82.7 Å². The van der Waals surface area contributed by atoms with Crippen LogP contribution in [0.5, 0.6) is 0 Å². The van der Waals surface area contributed by atoms with Gasteiger partial charge in [0.05, 0.1) is 6.42 Å². The SMILES string of the molecule is NS(=O)(=O)CC1OC(=O)CC12CCC2. The number of hydrogen-bond donors (Lipinski definition) is 1. The number of cyclic esters (lactones) is 1. The Kier molecular flexibility index (Phi) is 2.08. The first-order valence-corrected chi connectivity index (χ1v) is 6.33. The minimum absolute atomic E-state index is 0.219. The van der Waals surface area contributed by atoms with Crippen LogP contribution >= 0.6 is 0 Å². The third-order valence-corrected chi connectivity index (χ3v) is 3.95. The van der Waals surface area contributed by atoms with Crippen molar-refractivity contribution in [2.75, 3.05) is 5.75 Å². The molecule has 14 heavy (non-hydrogen) atoms. The number of esters is 1. The van der Waals surface area contributed by atoms with Gasteiger partial charge >= 0.3 is 5.97 Å². The lowest BCUT2D eigenvalue weighted by Crippen LogP contribution is -2.42. The summed E-state index contributed by atoms with van der Waals surface area (Å²) in [7, 11) is -3.56. The van der Waals surface area contributed by atoms with E-state index in [1.165, 1.54) is 0 Å². The van der Waals surface area contributed by atoms with Crippen LogP contribution in [0.25, 0.3) is 0 Å². The van der Waals surface area contributed by atoms with E-state index in [9.17, 15) is 13.2 Å². The van der Waals surface area contributed by atoms with Crippen LogP contribution in [0.15, 0.2) is 0 Å². The molecule has 1 aliphatic heterocycles. The molecular weight excluding hydrogens is 206 g/mol. The molecule has 1 atom stereocenters. The van der Waals surface area contributed by atoms with Gasteiger partial charge in [-0.1, -0.05) is 6.42 Å². The Morgan fingerprint density at radius 1 is 1.50 bits per heavy atom. The van der Waals surface area contributed by atoms with Crippen molar-refractivity contribution in [2.24, 2.45) is 10.6 Å². The topological polar surface area (TPSA) is 86.5 Å². The molecule has 0 aromatic heterocycles. The predicted molar refractivity (Wildman–Crippen MR) is 48.8 cm³/mol. The fraction of sp³-hybridized carbons (Fsp3) is 0.875. The molecule has 2 rings (SSSR count). The highest BCUT2D eigenvalue weighted by Gasteiger charge is 2.53. The molecule has 2 fully saturated rings. The molecule has 1 aliphatic carbocycles. The van der Waals surface area contributed by atoms with Gasteiger partial charge in [-0.3, -0.25) is 4.79 Å². The molecule has 2 aliphatic rings. The maximum absolute atomic E-state index is 11.1. The van der Waals surface area contributed by atoms with Crippen molar-refractivity contribution < 1.29 is 17.9 Å². The summed E-state index contributed by atoms with van der Waals surface area (Å²) in [5, 5.41) is 4.94. The van der Waals surface area contributed by atoms with Crippen molar-refractivity contribution in [1.29, 1.82) is 0 Å². The van der Waals surface area contributed by atoms with E-state index < -0.39 is 16.1 Å². The lowest BCUT2D eigenvalue weighted by atomic mass is 9.65. The Bertz CT molecular complexity index is 358. The maximum atomic E-state index is 11.1. The van der Waals surface area contributed by atoms with Gasteiger partial charge in [0, 0.05) is 5.41 Å². The zero-order valence-electron chi connectivity index (χ0n) is 7.73. The summed E-state index contributed by atoms with van der Waals surface area (Å²) >= 11 is 0. The molecule has 1 saturated carbocycles. The van der Waals surface area contributed by atoms with Crippen LogP contribution in [0.1, 0.15) is 25.7 Å². The van der Waals surface area contributed by atoms with Crippen LogP contribution < -0.4 is 5.14 Å². The van der Waals surface area contributed by atoms with Gasteiger partial charge < -0.3 is 4.74 Å². The quantitative estimate of drug-likeness (QED) is 0.649. The number of nitrogens with two attached hydrogens (primary N) is 1. The monoisotopic (exact) mass is 219 g/mol. The van der Waals surface area contributed by atoms with Crippen molar-refractivity contribution in [3.63, 3.8) is 0 Å². The number of carbonyl (C=O) groups excluding carboxylic acids is 1. The summed E-state index contributed by atoms with van der Waals surface area (Å²) in [6, 6.07) is 0. The van der Waals surface area contributed by atoms with E-state index in [0.29, 0.717) is 6.42 Å². The van der Waals surface area contributed by atoms with Crippen LogP contribution in [0.4, 0.5) is 0 Å². The first-order chi connectivity index (χ1) is 6.41. The van der Waals surface area contributed by atoms with Crippen molar-refractivity contribution in [1.82, 2.24) is 0 Å². The number of ether oxygens (including phenoxy) is 1. The second-order valence-electron chi connectivity index (χ2n) is 4.20. The Balaban J connectivity index is 2.14. The van der Waals surface area contributed by atoms with E-state index in [2.05, 4.69) is 0 Å². The zero-order valence-corrected chi connectivity index (χ0v) is 8.55. The minimum atomic E-state index is -3.56. The molecule has 80 valence electrons. The first-order valence-electron chi connectivity index (χ1n) is 4.61. The molecule has 1 heterocycles. The molecule has 1 saturated heterocycles. The summed E-state index contributed by atoms with van der Waals surface area (Å²) in [5.41, 5.74) is -0.219. The predicted octanol–water partition coefficient (Wildman–Crippen LogP) is -0.239. The Hall–Kier alpha value is -0.620. The van der Waals surface area contributed by atoms with Crippen molar-refractivity contribution >= 4 is 16.0 Å². The lowest BCUT2D eigenvalue weighted by Gasteiger charge is -2.40. The van der Waals surface area contributed by atoms with E-state index >= 15 is 0 Å². The summed E-state index contributed by atoms with van der Waals surface area (Å²) in [5.74, 6) is -0.531. The summed E-state index contributed by atoms with van der Waals surface area (Å²) in [6.45, 7) is 0. The smallest absolute Gasteiger partial charge is 0.306 e. The van der Waals surface area contributed by atoms with Gasteiger partial charge in [-0.2, -0.15) is 0 Å². The van der Waals surface area contributed by atoms with E-state index in [4.69, 9.17) is 9.88 Å². The third-order valence-electron chi connectivity index (χ3n) is 3.19. The number of carbonyl (C=O) groups is 1. The van der Waals surface area contributed by atoms with Crippen molar-refractivity contribution in [2.45, 2.75) is 31.8 Å². The van der Waals surface area contributed by atoms with Crippen LogP contribution in [-0.4, -0.2) is 26.2 Å². The third kappa shape index (κ3) is 1.64. The average Bonchev–Trinajstić information content (AvgIpc) is 2.21. The fourth-order valence-electron chi connectivity index (χ4n) is 2.28. The molecule has 2 N–H and O–H groups in total. The lowest BCUT2D eigenvalue weighted by molar-refractivity contribution is -0.141.